The van der Waals surface area contributed by atoms with Crippen molar-refractivity contribution in [3.8, 4) is 0 Å². The van der Waals surface area contributed by atoms with Gasteiger partial charge < -0.3 is 9.88 Å². The maximum atomic E-state index is 13.2. The molecular formula is C21H21N3O2S. The van der Waals surface area contributed by atoms with Crippen molar-refractivity contribution in [2.75, 3.05) is 6.54 Å². The second-order valence-electron chi connectivity index (χ2n) is 7.17. The summed E-state index contributed by atoms with van der Waals surface area (Å²) in [7, 11) is 0. The molecule has 0 bridgehead atoms. The van der Waals surface area contributed by atoms with E-state index in [1.165, 1.54) is 16.7 Å². The van der Waals surface area contributed by atoms with Crippen molar-refractivity contribution < 1.29 is 4.79 Å². The van der Waals surface area contributed by atoms with Gasteiger partial charge in [-0.15, -0.1) is 0 Å². The molecule has 6 heteroatoms. The van der Waals surface area contributed by atoms with E-state index in [0.29, 0.717) is 16.5 Å². The van der Waals surface area contributed by atoms with Crippen molar-refractivity contribution in [2.24, 2.45) is 0 Å². The van der Waals surface area contributed by atoms with Crippen LogP contribution in [0.15, 0.2) is 41.2 Å². The number of aromatic nitrogens is 2. The maximum Gasteiger partial charge on any atom is 0.259 e. The highest BCUT2D eigenvalue weighted by atomic mass is 32.1. The number of benzene rings is 2. The topological polar surface area (TPSA) is 69.0 Å². The van der Waals surface area contributed by atoms with Crippen LogP contribution in [0.1, 0.15) is 45.9 Å². The van der Waals surface area contributed by atoms with Gasteiger partial charge in [0.15, 0.2) is 4.77 Å². The molecule has 0 radical (unpaired) electrons. The van der Waals surface area contributed by atoms with E-state index in [1.54, 1.807) is 18.2 Å². The zero-order valence-electron chi connectivity index (χ0n) is 15.3. The Morgan fingerprint density at radius 2 is 1.93 bits per heavy atom. The number of H-pyrrole nitrogens is 2. The molecule has 1 atom stereocenters. The zero-order valence-corrected chi connectivity index (χ0v) is 16.2. The fraction of sp³-hybridized carbons (Fsp3) is 0.286. The summed E-state index contributed by atoms with van der Waals surface area (Å²) in [5.74, 6) is -0.0165. The van der Waals surface area contributed by atoms with Gasteiger partial charge in [0, 0.05) is 12.1 Å². The maximum absolute atomic E-state index is 13.2. The van der Waals surface area contributed by atoms with Gasteiger partial charge in [-0.1, -0.05) is 18.2 Å². The molecule has 1 aliphatic heterocycles. The third-order valence-corrected chi connectivity index (χ3v) is 5.62. The molecule has 1 amide bonds. The summed E-state index contributed by atoms with van der Waals surface area (Å²) < 4.78 is 0.256. The largest absolute Gasteiger partial charge is 0.332 e. The monoisotopic (exact) mass is 379 g/mol. The molecule has 3 aromatic rings. The molecule has 0 unspecified atom stereocenters. The number of aryl methyl sites for hydroxylation is 2. The van der Waals surface area contributed by atoms with Gasteiger partial charge in [0.1, 0.15) is 0 Å². The lowest BCUT2D eigenvalue weighted by Gasteiger charge is -2.26. The summed E-state index contributed by atoms with van der Waals surface area (Å²) in [6.07, 6.45) is 1.95. The van der Waals surface area contributed by atoms with Crippen LogP contribution >= 0.6 is 12.2 Å². The number of nitrogens with one attached hydrogen (secondary N) is 2. The molecule has 0 spiro atoms. The number of carbonyl (C=O) groups is 1. The summed E-state index contributed by atoms with van der Waals surface area (Å²) in [5, 5.41) is 0.493. The Hall–Kier alpha value is -2.73. The Bertz CT molecular complexity index is 1160. The highest BCUT2D eigenvalue weighted by Gasteiger charge is 2.30. The normalized spacial score (nSPS) is 16.8. The molecule has 1 saturated heterocycles. The Morgan fingerprint density at radius 3 is 2.70 bits per heavy atom. The van der Waals surface area contributed by atoms with Gasteiger partial charge in [-0.25, -0.2) is 0 Å². The smallest absolute Gasteiger partial charge is 0.259 e. The molecule has 0 saturated carbocycles. The first-order valence-electron chi connectivity index (χ1n) is 9.08. The third kappa shape index (κ3) is 3.21. The molecule has 4 rings (SSSR count). The summed E-state index contributed by atoms with van der Waals surface area (Å²) in [5.41, 5.74) is 4.57. The van der Waals surface area contributed by atoms with Crippen molar-refractivity contribution in [1.82, 2.24) is 14.9 Å². The van der Waals surface area contributed by atoms with Gasteiger partial charge in [-0.05, 0) is 73.8 Å². The summed E-state index contributed by atoms with van der Waals surface area (Å²) in [6.45, 7) is 4.93. The highest BCUT2D eigenvalue weighted by Crippen LogP contribution is 2.34. The first-order chi connectivity index (χ1) is 12.9. The number of hydrogen-bond donors (Lipinski definition) is 2. The van der Waals surface area contributed by atoms with Crippen LogP contribution in [0, 0.1) is 18.6 Å². The number of aromatic amines is 2. The van der Waals surface area contributed by atoms with E-state index in [4.69, 9.17) is 12.2 Å². The fourth-order valence-electron chi connectivity index (χ4n) is 3.80. The first-order valence-corrected chi connectivity index (χ1v) is 9.49. The molecule has 2 N–H and O–H groups in total. The van der Waals surface area contributed by atoms with Crippen LogP contribution in [0.2, 0.25) is 0 Å². The molecule has 1 aliphatic rings. The predicted molar refractivity (Wildman–Crippen MR) is 109 cm³/mol. The van der Waals surface area contributed by atoms with Crippen molar-refractivity contribution in [1.29, 1.82) is 0 Å². The van der Waals surface area contributed by atoms with E-state index >= 15 is 0 Å². The van der Waals surface area contributed by atoms with Gasteiger partial charge in [0.25, 0.3) is 11.5 Å². The number of hydrogen-bond acceptors (Lipinski definition) is 3. The van der Waals surface area contributed by atoms with Crippen molar-refractivity contribution in [3.05, 3.63) is 73.8 Å². The highest BCUT2D eigenvalue weighted by molar-refractivity contribution is 7.71. The minimum absolute atomic E-state index is 0.0165. The number of amides is 1. The Kier molecular flexibility index (Phi) is 4.44. The van der Waals surface area contributed by atoms with Crippen LogP contribution in [0.4, 0.5) is 0 Å². The van der Waals surface area contributed by atoms with E-state index in [9.17, 15) is 9.59 Å². The molecule has 1 aromatic heterocycles. The zero-order chi connectivity index (χ0) is 19.1. The Balaban J connectivity index is 1.70. The molecule has 2 heterocycles. The fourth-order valence-corrected chi connectivity index (χ4v) is 4.00. The number of nitrogens with zero attached hydrogens (tertiary/aromatic N) is 1. The summed E-state index contributed by atoms with van der Waals surface area (Å²) in [4.78, 5) is 32.7. The lowest BCUT2D eigenvalue weighted by Crippen LogP contribution is -2.30. The van der Waals surface area contributed by atoms with E-state index in [2.05, 4.69) is 42.0 Å². The molecule has 1 fully saturated rings. The lowest BCUT2D eigenvalue weighted by molar-refractivity contribution is 0.0735. The molecule has 5 nitrogen and oxygen atoms in total. The van der Waals surface area contributed by atoms with E-state index in [0.717, 1.165) is 19.4 Å². The van der Waals surface area contributed by atoms with E-state index < -0.39 is 0 Å². The third-order valence-electron chi connectivity index (χ3n) is 5.42. The Morgan fingerprint density at radius 1 is 1.11 bits per heavy atom. The predicted octanol–water partition coefficient (Wildman–Crippen LogP) is 4.18. The number of likely N-dealkylation sites (tertiary alicyclic amines) is 1. The van der Waals surface area contributed by atoms with Gasteiger partial charge in [0.05, 0.1) is 16.9 Å². The van der Waals surface area contributed by atoms with Gasteiger partial charge in [-0.2, -0.15) is 0 Å². The Labute approximate surface area is 162 Å². The average molecular weight is 379 g/mol. The average Bonchev–Trinajstić information content (AvgIpc) is 3.12. The van der Waals surface area contributed by atoms with Crippen LogP contribution in [-0.2, 0) is 0 Å². The first kappa shape index (κ1) is 17.7. The van der Waals surface area contributed by atoms with Crippen LogP contribution in [-0.4, -0.2) is 27.3 Å². The molecule has 2 aromatic carbocycles. The number of rotatable bonds is 2. The second-order valence-corrected chi connectivity index (χ2v) is 7.58. The van der Waals surface area contributed by atoms with E-state index in [1.807, 2.05) is 4.90 Å². The van der Waals surface area contributed by atoms with Gasteiger partial charge in [0.2, 0.25) is 0 Å². The van der Waals surface area contributed by atoms with Crippen molar-refractivity contribution in [2.45, 2.75) is 32.7 Å². The standard InChI is InChI=1S/C21H21N3O2S/c1-12-5-6-14(10-13(12)2)18-4-3-9-24(18)20(26)15-7-8-16-17(11-15)22-21(27)23-19(16)25/h5-8,10-11,18H,3-4,9H2,1-2H3,(H2,22,23,25,27)/t18-/m1/s1. The minimum atomic E-state index is -0.248. The molecular weight excluding hydrogens is 358 g/mol. The van der Waals surface area contributed by atoms with Crippen LogP contribution in [0.3, 0.4) is 0 Å². The van der Waals surface area contributed by atoms with Crippen LogP contribution < -0.4 is 5.56 Å². The molecule has 138 valence electrons. The number of carbonyl (C=O) groups excluding carboxylic acids is 1. The second kappa shape index (κ2) is 6.78. The summed E-state index contributed by atoms with van der Waals surface area (Å²) in [6, 6.07) is 11.6. The lowest BCUT2D eigenvalue weighted by atomic mass is 9.99. The van der Waals surface area contributed by atoms with Crippen molar-refractivity contribution in [3.63, 3.8) is 0 Å². The van der Waals surface area contributed by atoms with Crippen LogP contribution in [0.25, 0.3) is 10.9 Å². The quantitative estimate of drug-likeness (QED) is 0.656. The number of fused-ring (bicyclic) bond motifs is 1. The van der Waals surface area contributed by atoms with Gasteiger partial charge in [-0.3, -0.25) is 14.6 Å². The van der Waals surface area contributed by atoms with Crippen molar-refractivity contribution >= 4 is 29.0 Å². The summed E-state index contributed by atoms with van der Waals surface area (Å²) >= 11 is 5.04. The van der Waals surface area contributed by atoms with Gasteiger partial charge >= 0.3 is 0 Å². The minimum Gasteiger partial charge on any atom is -0.332 e. The van der Waals surface area contributed by atoms with E-state index in [-0.39, 0.29) is 22.3 Å². The molecule has 0 aliphatic carbocycles. The van der Waals surface area contributed by atoms with Crippen LogP contribution in [0.5, 0.6) is 0 Å². The molecule has 27 heavy (non-hydrogen) atoms. The SMILES string of the molecule is Cc1ccc([C@H]2CCCN2C(=O)c2ccc3c(=O)[nH]c(=S)[nH]c3c2)cc1C.